The van der Waals surface area contributed by atoms with Crippen molar-refractivity contribution < 1.29 is 14.4 Å². The van der Waals surface area contributed by atoms with Crippen LogP contribution in [0.5, 0.6) is 0 Å². The number of carbonyl (C=O) groups is 3. The molecule has 2 amide bonds. The van der Waals surface area contributed by atoms with Crippen molar-refractivity contribution in [2.45, 2.75) is 51.5 Å². The number of ketones is 2. The van der Waals surface area contributed by atoms with E-state index < -0.39 is 0 Å². The van der Waals surface area contributed by atoms with E-state index in [1.165, 1.54) is 0 Å². The lowest BCUT2D eigenvalue weighted by atomic mass is 9.93. The lowest BCUT2D eigenvalue weighted by molar-refractivity contribution is -0.122. The maximum Gasteiger partial charge on any atom is 0.324 e. The van der Waals surface area contributed by atoms with Gasteiger partial charge in [0, 0.05) is 70.1 Å². The van der Waals surface area contributed by atoms with E-state index >= 15 is 0 Å². The molecule has 4 rings (SSSR count). The van der Waals surface area contributed by atoms with Gasteiger partial charge in [-0.1, -0.05) is 25.1 Å². The van der Waals surface area contributed by atoms with Crippen molar-refractivity contribution in [3.05, 3.63) is 30.3 Å². The van der Waals surface area contributed by atoms with Gasteiger partial charge < -0.3 is 4.90 Å². The molecule has 1 saturated carbocycles. The predicted octanol–water partition coefficient (Wildman–Crippen LogP) is 3.36. The summed E-state index contributed by atoms with van der Waals surface area (Å²) in [6.07, 6.45) is 4.48. The summed E-state index contributed by atoms with van der Waals surface area (Å²) in [6, 6.07) is 10.3. The summed E-state index contributed by atoms with van der Waals surface area (Å²) in [4.78, 5) is 43.1. The topological polar surface area (TPSA) is 60.9 Å². The van der Waals surface area contributed by atoms with E-state index in [-0.39, 0.29) is 11.8 Å². The number of urea groups is 1. The van der Waals surface area contributed by atoms with Gasteiger partial charge in [-0.3, -0.25) is 19.4 Å². The molecule has 1 aliphatic carbocycles. The van der Waals surface area contributed by atoms with Crippen molar-refractivity contribution in [1.29, 1.82) is 0 Å². The molecule has 0 radical (unpaired) electrons. The van der Waals surface area contributed by atoms with E-state index in [0.29, 0.717) is 69.0 Å². The van der Waals surface area contributed by atoms with Crippen molar-refractivity contribution in [3.8, 4) is 0 Å². The summed E-state index contributed by atoms with van der Waals surface area (Å²) in [7, 11) is 0. The second kappa shape index (κ2) is 9.29. The molecule has 3 aliphatic rings. The highest BCUT2D eigenvalue weighted by Gasteiger charge is 2.40. The number of nitrogens with zero attached hydrogens (tertiary/aromatic N) is 3. The Morgan fingerprint density at radius 3 is 2.17 bits per heavy atom. The van der Waals surface area contributed by atoms with Crippen molar-refractivity contribution in [2.75, 3.05) is 37.6 Å². The molecule has 0 spiro atoms. The molecule has 1 aromatic carbocycles. The van der Waals surface area contributed by atoms with Gasteiger partial charge in [0.05, 0.1) is 0 Å². The molecule has 6 nitrogen and oxygen atoms in total. The Hall–Kier alpha value is -2.21. The maximum atomic E-state index is 13.5. The molecule has 0 aromatic heterocycles. The lowest BCUT2D eigenvalue weighted by Gasteiger charge is -2.40. The molecular weight excluding hydrogens is 378 g/mol. The fourth-order valence-electron chi connectivity index (χ4n) is 5.47. The van der Waals surface area contributed by atoms with E-state index in [2.05, 4.69) is 11.8 Å². The van der Waals surface area contributed by atoms with E-state index in [0.717, 1.165) is 31.6 Å². The van der Waals surface area contributed by atoms with Crippen LogP contribution in [0.2, 0.25) is 0 Å². The Balaban J connectivity index is 1.52. The first-order chi connectivity index (χ1) is 14.5. The first kappa shape index (κ1) is 21.0. The van der Waals surface area contributed by atoms with Crippen LogP contribution >= 0.6 is 0 Å². The van der Waals surface area contributed by atoms with E-state index in [1.807, 2.05) is 40.1 Å². The van der Waals surface area contributed by atoms with E-state index in [4.69, 9.17) is 0 Å². The minimum atomic E-state index is 0.0147. The summed E-state index contributed by atoms with van der Waals surface area (Å²) in [6.45, 7) is 5.72. The average Bonchev–Trinajstić information content (AvgIpc) is 3.13. The fraction of sp³-hybridized carbons (Fsp3) is 0.625. The number of piperidine rings is 2. The molecule has 1 aromatic rings. The number of para-hydroxylation sites is 1. The number of amides is 2. The van der Waals surface area contributed by atoms with Gasteiger partial charge in [0.25, 0.3) is 0 Å². The molecule has 3 fully saturated rings. The Bertz CT molecular complexity index is 761. The van der Waals surface area contributed by atoms with Crippen LogP contribution in [0.4, 0.5) is 10.5 Å². The second-order valence-electron chi connectivity index (χ2n) is 9.13. The Morgan fingerprint density at radius 1 is 0.933 bits per heavy atom. The van der Waals surface area contributed by atoms with E-state index in [9.17, 15) is 14.4 Å². The second-order valence-corrected chi connectivity index (χ2v) is 9.13. The quantitative estimate of drug-likeness (QED) is 0.762. The van der Waals surface area contributed by atoms with Gasteiger partial charge in [0.1, 0.15) is 11.6 Å². The third-order valence-electron chi connectivity index (χ3n) is 7.14. The summed E-state index contributed by atoms with van der Waals surface area (Å²) in [5.41, 5.74) is 0.923. The standard InChI is InChI=1S/C24H33N3O3/c1-18-7-8-19(23(18)25-13-9-21(28)10-14-25)17-27(20-5-3-2-4-6-20)24(30)26-15-11-22(29)12-16-26/h2-6,18-19,23H,7-17H2,1H3. The highest BCUT2D eigenvalue weighted by atomic mass is 16.2. The zero-order valence-electron chi connectivity index (χ0n) is 18.0. The third-order valence-corrected chi connectivity index (χ3v) is 7.14. The largest absolute Gasteiger partial charge is 0.324 e. The number of anilines is 1. The normalized spacial score (nSPS) is 28.0. The fourth-order valence-corrected chi connectivity index (χ4v) is 5.47. The minimum absolute atomic E-state index is 0.0147. The number of carbonyl (C=O) groups excluding carboxylic acids is 3. The molecular formula is C24H33N3O3. The van der Waals surface area contributed by atoms with Crippen LogP contribution in [0.25, 0.3) is 0 Å². The van der Waals surface area contributed by atoms with Gasteiger partial charge in [0.15, 0.2) is 0 Å². The minimum Gasteiger partial charge on any atom is -0.323 e. The highest BCUT2D eigenvalue weighted by molar-refractivity contribution is 5.93. The molecule has 6 heteroatoms. The van der Waals surface area contributed by atoms with Crippen molar-refractivity contribution in [2.24, 2.45) is 11.8 Å². The van der Waals surface area contributed by atoms with Crippen molar-refractivity contribution >= 4 is 23.3 Å². The summed E-state index contributed by atoms with van der Waals surface area (Å²) >= 11 is 0. The summed E-state index contributed by atoms with van der Waals surface area (Å²) in [5.74, 6) is 1.58. The van der Waals surface area contributed by atoms with Crippen LogP contribution in [0.15, 0.2) is 30.3 Å². The average molecular weight is 412 g/mol. The molecule has 3 atom stereocenters. The Morgan fingerprint density at radius 2 is 1.53 bits per heavy atom. The number of likely N-dealkylation sites (tertiary alicyclic amines) is 2. The zero-order chi connectivity index (χ0) is 21.1. The lowest BCUT2D eigenvalue weighted by Crippen LogP contribution is -2.52. The van der Waals surface area contributed by atoms with Gasteiger partial charge in [0.2, 0.25) is 0 Å². The van der Waals surface area contributed by atoms with Gasteiger partial charge >= 0.3 is 6.03 Å². The first-order valence-corrected chi connectivity index (χ1v) is 11.4. The molecule has 30 heavy (non-hydrogen) atoms. The van der Waals surface area contributed by atoms with Crippen LogP contribution in [-0.2, 0) is 9.59 Å². The molecule has 0 N–H and O–H groups in total. The Kier molecular flexibility index (Phi) is 6.52. The summed E-state index contributed by atoms with van der Waals surface area (Å²) in [5, 5.41) is 0. The van der Waals surface area contributed by atoms with Gasteiger partial charge in [-0.25, -0.2) is 4.79 Å². The molecule has 162 valence electrons. The number of hydrogen-bond acceptors (Lipinski definition) is 4. The molecule has 2 aliphatic heterocycles. The highest BCUT2D eigenvalue weighted by Crippen LogP contribution is 2.37. The first-order valence-electron chi connectivity index (χ1n) is 11.4. The van der Waals surface area contributed by atoms with Crippen molar-refractivity contribution in [1.82, 2.24) is 9.80 Å². The van der Waals surface area contributed by atoms with Crippen LogP contribution in [0.3, 0.4) is 0 Å². The molecule has 2 heterocycles. The number of hydrogen-bond donors (Lipinski definition) is 0. The Labute approximate surface area is 179 Å². The van der Waals surface area contributed by atoms with Crippen LogP contribution < -0.4 is 4.90 Å². The van der Waals surface area contributed by atoms with Crippen LogP contribution in [-0.4, -0.2) is 66.2 Å². The van der Waals surface area contributed by atoms with Crippen LogP contribution in [0, 0.1) is 11.8 Å². The van der Waals surface area contributed by atoms with Gasteiger partial charge in [-0.2, -0.15) is 0 Å². The van der Waals surface area contributed by atoms with E-state index in [1.54, 1.807) is 0 Å². The summed E-state index contributed by atoms with van der Waals surface area (Å²) < 4.78 is 0. The zero-order valence-corrected chi connectivity index (χ0v) is 18.0. The van der Waals surface area contributed by atoms with Crippen LogP contribution in [0.1, 0.15) is 45.4 Å². The molecule has 2 saturated heterocycles. The SMILES string of the molecule is CC1CCC(CN(C(=O)N2CCC(=O)CC2)c2ccccc2)C1N1CCC(=O)CC1. The number of rotatable bonds is 4. The number of Topliss-reactive ketones (excluding diaryl/α,β-unsaturated/α-hetero) is 2. The number of benzene rings is 1. The van der Waals surface area contributed by atoms with Gasteiger partial charge in [-0.15, -0.1) is 0 Å². The predicted molar refractivity (Wildman–Crippen MR) is 116 cm³/mol. The smallest absolute Gasteiger partial charge is 0.323 e. The van der Waals surface area contributed by atoms with Gasteiger partial charge in [-0.05, 0) is 36.8 Å². The molecule has 3 unspecified atom stereocenters. The van der Waals surface area contributed by atoms with Crippen molar-refractivity contribution in [3.63, 3.8) is 0 Å². The molecule has 0 bridgehead atoms. The maximum absolute atomic E-state index is 13.5. The third kappa shape index (κ3) is 4.59. The monoisotopic (exact) mass is 411 g/mol.